The average molecular weight is 274 g/mol. The van der Waals surface area contributed by atoms with Gasteiger partial charge in [-0.1, -0.05) is 6.07 Å². The van der Waals surface area contributed by atoms with E-state index in [-0.39, 0.29) is 5.91 Å². The second-order valence-electron chi connectivity index (χ2n) is 4.32. The van der Waals surface area contributed by atoms with Crippen molar-refractivity contribution >= 4 is 22.9 Å². The topological polar surface area (TPSA) is 41.1 Å². The van der Waals surface area contributed by atoms with Crippen LogP contribution in [0.1, 0.15) is 27.7 Å². The lowest BCUT2D eigenvalue weighted by Gasteiger charge is -2.10. The van der Waals surface area contributed by atoms with Crippen LogP contribution in [0.3, 0.4) is 0 Å². The third kappa shape index (κ3) is 3.58. The zero-order valence-electron chi connectivity index (χ0n) is 11.2. The summed E-state index contributed by atoms with van der Waals surface area (Å²) in [5, 5.41) is 8.27. The first kappa shape index (κ1) is 13.6. The fraction of sp³-hybridized carbons (Fsp3) is 0.267. The van der Waals surface area contributed by atoms with Crippen LogP contribution in [0.4, 0.5) is 5.69 Å². The molecule has 0 atom stereocenters. The summed E-state index contributed by atoms with van der Waals surface area (Å²) in [5.74, 6) is -0.0181. The molecule has 0 saturated carbocycles. The van der Waals surface area contributed by atoms with Crippen molar-refractivity contribution in [2.24, 2.45) is 0 Å². The lowest BCUT2D eigenvalue weighted by Crippen LogP contribution is -2.22. The van der Waals surface area contributed by atoms with E-state index in [1.807, 2.05) is 38.1 Å². The Labute approximate surface area is 117 Å². The van der Waals surface area contributed by atoms with E-state index < -0.39 is 0 Å². The SMILES string of the molecule is CCNC(=O)c1ccc(NCc2cccs2)c(C)c1. The lowest BCUT2D eigenvalue weighted by atomic mass is 10.1. The summed E-state index contributed by atoms with van der Waals surface area (Å²) in [4.78, 5) is 13.0. The Bertz CT molecular complexity index is 549. The van der Waals surface area contributed by atoms with Crippen LogP contribution < -0.4 is 10.6 Å². The number of aryl methyl sites for hydroxylation is 1. The Morgan fingerprint density at radius 1 is 1.32 bits per heavy atom. The third-order valence-electron chi connectivity index (χ3n) is 2.86. The van der Waals surface area contributed by atoms with Crippen LogP contribution in [-0.2, 0) is 6.54 Å². The van der Waals surface area contributed by atoms with Crippen LogP contribution in [-0.4, -0.2) is 12.5 Å². The minimum atomic E-state index is -0.0181. The molecule has 100 valence electrons. The van der Waals surface area contributed by atoms with Crippen LogP contribution in [0.5, 0.6) is 0 Å². The van der Waals surface area contributed by atoms with E-state index in [0.29, 0.717) is 12.1 Å². The molecule has 2 N–H and O–H groups in total. The predicted octanol–water partition coefficient (Wildman–Crippen LogP) is 3.42. The van der Waals surface area contributed by atoms with Crippen LogP contribution >= 0.6 is 11.3 Å². The van der Waals surface area contributed by atoms with Crippen LogP contribution in [0.25, 0.3) is 0 Å². The Balaban J connectivity index is 2.04. The number of hydrogen-bond donors (Lipinski definition) is 2. The van der Waals surface area contributed by atoms with Crippen molar-refractivity contribution in [2.75, 3.05) is 11.9 Å². The molecule has 0 fully saturated rings. The van der Waals surface area contributed by atoms with E-state index in [0.717, 1.165) is 17.8 Å². The second kappa shape index (κ2) is 6.38. The van der Waals surface area contributed by atoms with Gasteiger partial charge in [0.2, 0.25) is 0 Å². The average Bonchev–Trinajstić information content (AvgIpc) is 2.90. The molecule has 1 aromatic carbocycles. The second-order valence-corrected chi connectivity index (χ2v) is 5.35. The molecule has 0 bridgehead atoms. The summed E-state index contributed by atoms with van der Waals surface area (Å²) in [7, 11) is 0. The molecule has 0 radical (unpaired) electrons. The fourth-order valence-corrected chi connectivity index (χ4v) is 2.51. The molecule has 2 rings (SSSR count). The van der Waals surface area contributed by atoms with Crippen molar-refractivity contribution in [3.05, 3.63) is 51.7 Å². The van der Waals surface area contributed by atoms with Gasteiger partial charge in [0.05, 0.1) is 0 Å². The number of carbonyl (C=O) groups is 1. The summed E-state index contributed by atoms with van der Waals surface area (Å²) < 4.78 is 0. The van der Waals surface area contributed by atoms with Gasteiger partial charge in [0.25, 0.3) is 5.91 Å². The molecular formula is C15H18N2OS. The maximum atomic E-state index is 11.7. The molecule has 19 heavy (non-hydrogen) atoms. The van der Waals surface area contributed by atoms with Crippen molar-refractivity contribution < 1.29 is 4.79 Å². The monoisotopic (exact) mass is 274 g/mol. The van der Waals surface area contributed by atoms with Crippen molar-refractivity contribution in [1.82, 2.24) is 5.32 Å². The van der Waals surface area contributed by atoms with E-state index in [2.05, 4.69) is 22.1 Å². The largest absolute Gasteiger partial charge is 0.380 e. The highest BCUT2D eigenvalue weighted by molar-refractivity contribution is 7.09. The maximum absolute atomic E-state index is 11.7. The number of benzene rings is 1. The molecule has 1 amide bonds. The highest BCUT2D eigenvalue weighted by Crippen LogP contribution is 2.18. The Kier molecular flexibility index (Phi) is 4.58. The molecule has 2 aromatic rings. The molecular weight excluding hydrogens is 256 g/mol. The normalized spacial score (nSPS) is 10.2. The molecule has 0 aliphatic rings. The van der Waals surface area contributed by atoms with Gasteiger partial charge >= 0.3 is 0 Å². The molecule has 1 heterocycles. The number of anilines is 1. The zero-order valence-corrected chi connectivity index (χ0v) is 12.0. The van der Waals surface area contributed by atoms with E-state index in [4.69, 9.17) is 0 Å². The highest BCUT2D eigenvalue weighted by atomic mass is 32.1. The lowest BCUT2D eigenvalue weighted by molar-refractivity contribution is 0.0956. The Morgan fingerprint density at radius 3 is 2.79 bits per heavy atom. The summed E-state index contributed by atoms with van der Waals surface area (Å²) in [5.41, 5.74) is 2.86. The number of carbonyl (C=O) groups excluding carboxylic acids is 1. The Morgan fingerprint density at radius 2 is 2.16 bits per heavy atom. The van der Waals surface area contributed by atoms with Crippen LogP contribution in [0.15, 0.2) is 35.7 Å². The van der Waals surface area contributed by atoms with Crippen molar-refractivity contribution in [3.8, 4) is 0 Å². The quantitative estimate of drug-likeness (QED) is 0.877. The number of thiophene rings is 1. The first-order chi connectivity index (χ1) is 9.20. The van der Waals surface area contributed by atoms with Gasteiger partial charge in [0.15, 0.2) is 0 Å². The van der Waals surface area contributed by atoms with Gasteiger partial charge in [-0.05, 0) is 49.1 Å². The van der Waals surface area contributed by atoms with E-state index >= 15 is 0 Å². The van der Waals surface area contributed by atoms with Crippen LogP contribution in [0.2, 0.25) is 0 Å². The summed E-state index contributed by atoms with van der Waals surface area (Å²) in [6.07, 6.45) is 0. The van der Waals surface area contributed by atoms with E-state index in [9.17, 15) is 4.79 Å². The Hall–Kier alpha value is -1.81. The third-order valence-corrected chi connectivity index (χ3v) is 3.74. The molecule has 0 spiro atoms. The van der Waals surface area contributed by atoms with Gasteiger partial charge in [-0.2, -0.15) is 0 Å². The molecule has 0 unspecified atom stereocenters. The van der Waals surface area contributed by atoms with Crippen molar-refractivity contribution in [3.63, 3.8) is 0 Å². The van der Waals surface area contributed by atoms with E-state index in [1.54, 1.807) is 11.3 Å². The summed E-state index contributed by atoms with van der Waals surface area (Å²) in [6, 6.07) is 9.90. The number of amides is 1. The molecule has 4 heteroatoms. The van der Waals surface area contributed by atoms with Gasteiger partial charge in [0.1, 0.15) is 0 Å². The van der Waals surface area contributed by atoms with Crippen molar-refractivity contribution in [2.45, 2.75) is 20.4 Å². The number of rotatable bonds is 5. The van der Waals surface area contributed by atoms with Crippen molar-refractivity contribution in [1.29, 1.82) is 0 Å². The predicted molar refractivity (Wildman–Crippen MR) is 80.8 cm³/mol. The smallest absolute Gasteiger partial charge is 0.251 e. The molecule has 1 aromatic heterocycles. The zero-order chi connectivity index (χ0) is 13.7. The molecule has 0 saturated heterocycles. The van der Waals surface area contributed by atoms with Crippen LogP contribution in [0, 0.1) is 6.92 Å². The first-order valence-corrected chi connectivity index (χ1v) is 7.23. The number of nitrogens with one attached hydrogen (secondary N) is 2. The van der Waals surface area contributed by atoms with Gasteiger partial charge in [-0.25, -0.2) is 0 Å². The molecule has 0 aliphatic heterocycles. The maximum Gasteiger partial charge on any atom is 0.251 e. The first-order valence-electron chi connectivity index (χ1n) is 6.36. The minimum Gasteiger partial charge on any atom is -0.380 e. The van der Waals surface area contributed by atoms with Gasteiger partial charge < -0.3 is 10.6 Å². The van der Waals surface area contributed by atoms with E-state index in [1.165, 1.54) is 4.88 Å². The molecule has 0 aliphatic carbocycles. The van der Waals surface area contributed by atoms with Gasteiger partial charge in [-0.3, -0.25) is 4.79 Å². The fourth-order valence-electron chi connectivity index (χ4n) is 1.86. The van der Waals surface area contributed by atoms with Gasteiger partial charge in [0, 0.05) is 29.2 Å². The van der Waals surface area contributed by atoms with Gasteiger partial charge in [-0.15, -0.1) is 11.3 Å². The number of hydrogen-bond acceptors (Lipinski definition) is 3. The summed E-state index contributed by atoms with van der Waals surface area (Å²) >= 11 is 1.74. The minimum absolute atomic E-state index is 0.0181. The standard InChI is InChI=1S/C15H18N2OS/c1-3-16-15(18)12-6-7-14(11(2)9-12)17-10-13-5-4-8-19-13/h4-9,17H,3,10H2,1-2H3,(H,16,18). The highest BCUT2D eigenvalue weighted by Gasteiger charge is 2.06. The molecule has 3 nitrogen and oxygen atoms in total. The summed E-state index contributed by atoms with van der Waals surface area (Å²) in [6.45, 7) is 5.40.